The molecule has 0 aliphatic carbocycles. The van der Waals surface area contributed by atoms with Gasteiger partial charge in [0.2, 0.25) is 0 Å². The Morgan fingerprint density at radius 1 is 0.583 bits per heavy atom. The van der Waals surface area contributed by atoms with Crippen LogP contribution in [0.4, 0.5) is 11.4 Å². The number of hydrogen-bond acceptors (Lipinski definition) is 4. The summed E-state index contributed by atoms with van der Waals surface area (Å²) in [5.74, 6) is -0.454. The second-order valence-electron chi connectivity index (χ2n) is 5.45. The first-order valence-electron chi connectivity index (χ1n) is 7.46. The highest BCUT2D eigenvalue weighted by Crippen LogP contribution is 2.20. The molecule has 0 spiro atoms. The quantitative estimate of drug-likeness (QED) is 0.571. The minimum atomic E-state index is -0.235. The molecule has 4 nitrogen and oxygen atoms in total. The van der Waals surface area contributed by atoms with Gasteiger partial charge in [-0.1, -0.05) is 36.4 Å². The van der Waals surface area contributed by atoms with Crippen LogP contribution in [0.2, 0.25) is 0 Å². The van der Waals surface area contributed by atoms with E-state index in [9.17, 15) is 9.59 Å². The number of rotatable bonds is 4. The Labute approximate surface area is 139 Å². The van der Waals surface area contributed by atoms with E-state index in [0.29, 0.717) is 33.6 Å². The van der Waals surface area contributed by atoms with Crippen molar-refractivity contribution >= 4 is 22.9 Å². The van der Waals surface area contributed by atoms with Crippen molar-refractivity contribution in [2.75, 3.05) is 11.5 Å². The van der Waals surface area contributed by atoms with Crippen LogP contribution in [0.1, 0.15) is 31.8 Å². The van der Waals surface area contributed by atoms with Crippen LogP contribution in [0, 0.1) is 0 Å². The topological polar surface area (TPSA) is 86.2 Å². The fourth-order valence-corrected chi connectivity index (χ4v) is 2.50. The average molecular weight is 316 g/mol. The Balaban J connectivity index is 2.03. The van der Waals surface area contributed by atoms with E-state index in [2.05, 4.69) is 0 Å². The SMILES string of the molecule is Nc1ccc(C(=O)c2ccccc2C(=O)c2cccc(N)c2)cc1. The van der Waals surface area contributed by atoms with Crippen molar-refractivity contribution in [3.63, 3.8) is 0 Å². The van der Waals surface area contributed by atoms with Gasteiger partial charge in [-0.05, 0) is 36.4 Å². The minimum absolute atomic E-state index is 0.220. The molecule has 0 aromatic heterocycles. The van der Waals surface area contributed by atoms with Crippen molar-refractivity contribution in [1.29, 1.82) is 0 Å². The molecule has 0 saturated carbocycles. The molecule has 24 heavy (non-hydrogen) atoms. The Kier molecular flexibility index (Phi) is 4.12. The normalized spacial score (nSPS) is 10.3. The standard InChI is InChI=1S/C20H16N2O2/c21-15-10-8-13(9-11-15)19(23)17-6-1-2-7-18(17)20(24)14-4-3-5-16(22)12-14/h1-12H,21-22H2. The largest absolute Gasteiger partial charge is 0.399 e. The first-order chi connectivity index (χ1) is 11.6. The third-order valence-corrected chi connectivity index (χ3v) is 3.74. The van der Waals surface area contributed by atoms with Crippen molar-refractivity contribution in [3.05, 3.63) is 95.1 Å². The second-order valence-corrected chi connectivity index (χ2v) is 5.45. The van der Waals surface area contributed by atoms with Gasteiger partial charge in [-0.2, -0.15) is 0 Å². The molecule has 4 heteroatoms. The van der Waals surface area contributed by atoms with E-state index >= 15 is 0 Å². The molecule has 0 bridgehead atoms. The van der Waals surface area contributed by atoms with E-state index in [1.54, 1.807) is 72.8 Å². The molecule has 0 radical (unpaired) electrons. The summed E-state index contributed by atoms with van der Waals surface area (Å²) in [6, 6.07) is 20.1. The molecule has 3 aromatic carbocycles. The third-order valence-electron chi connectivity index (χ3n) is 3.74. The first-order valence-corrected chi connectivity index (χ1v) is 7.46. The predicted octanol–water partition coefficient (Wildman–Crippen LogP) is 3.31. The van der Waals surface area contributed by atoms with Gasteiger partial charge in [0.15, 0.2) is 11.6 Å². The summed E-state index contributed by atoms with van der Waals surface area (Å²) in [7, 11) is 0. The summed E-state index contributed by atoms with van der Waals surface area (Å²) < 4.78 is 0. The van der Waals surface area contributed by atoms with Crippen LogP contribution in [0.5, 0.6) is 0 Å². The zero-order valence-electron chi connectivity index (χ0n) is 12.9. The second kappa shape index (κ2) is 6.38. The summed E-state index contributed by atoms with van der Waals surface area (Å²) in [5, 5.41) is 0. The van der Waals surface area contributed by atoms with E-state index in [0.717, 1.165) is 0 Å². The Morgan fingerprint density at radius 2 is 1.17 bits per heavy atom. The summed E-state index contributed by atoms with van der Waals surface area (Å²) in [5.41, 5.74) is 14.1. The maximum absolute atomic E-state index is 12.8. The number of ketones is 2. The fraction of sp³-hybridized carbons (Fsp3) is 0. The molecule has 118 valence electrons. The maximum atomic E-state index is 12.8. The lowest BCUT2D eigenvalue weighted by Gasteiger charge is -2.09. The van der Waals surface area contributed by atoms with Crippen molar-refractivity contribution in [2.24, 2.45) is 0 Å². The third kappa shape index (κ3) is 3.03. The van der Waals surface area contributed by atoms with Crippen molar-refractivity contribution in [1.82, 2.24) is 0 Å². The molecular weight excluding hydrogens is 300 g/mol. The van der Waals surface area contributed by atoms with Crippen LogP contribution < -0.4 is 11.5 Å². The van der Waals surface area contributed by atoms with Gasteiger partial charge in [0.05, 0.1) is 0 Å². The highest BCUT2D eigenvalue weighted by Gasteiger charge is 2.19. The first kappa shape index (κ1) is 15.5. The summed E-state index contributed by atoms with van der Waals surface area (Å²) in [6.45, 7) is 0. The van der Waals surface area contributed by atoms with Crippen LogP contribution in [0.15, 0.2) is 72.8 Å². The zero-order valence-corrected chi connectivity index (χ0v) is 12.9. The molecule has 0 unspecified atom stereocenters. The van der Waals surface area contributed by atoms with Crippen LogP contribution in [0.25, 0.3) is 0 Å². The molecule has 0 atom stereocenters. The van der Waals surface area contributed by atoms with E-state index in [1.165, 1.54) is 0 Å². The number of nitrogen functional groups attached to an aromatic ring is 2. The van der Waals surface area contributed by atoms with Gasteiger partial charge in [0.25, 0.3) is 0 Å². The van der Waals surface area contributed by atoms with Gasteiger partial charge in [-0.15, -0.1) is 0 Å². The molecule has 0 heterocycles. The van der Waals surface area contributed by atoms with Crippen LogP contribution >= 0.6 is 0 Å². The van der Waals surface area contributed by atoms with Crippen LogP contribution in [0.3, 0.4) is 0 Å². The van der Waals surface area contributed by atoms with Gasteiger partial charge in [-0.25, -0.2) is 0 Å². The van der Waals surface area contributed by atoms with E-state index < -0.39 is 0 Å². The van der Waals surface area contributed by atoms with Gasteiger partial charge in [-0.3, -0.25) is 9.59 Å². The molecule has 0 fully saturated rings. The lowest BCUT2D eigenvalue weighted by atomic mass is 9.93. The summed E-state index contributed by atoms with van der Waals surface area (Å²) >= 11 is 0. The van der Waals surface area contributed by atoms with E-state index in [4.69, 9.17) is 11.5 Å². The molecule has 4 N–H and O–H groups in total. The smallest absolute Gasteiger partial charge is 0.193 e. The fourth-order valence-electron chi connectivity index (χ4n) is 2.50. The minimum Gasteiger partial charge on any atom is -0.399 e. The van der Waals surface area contributed by atoms with Gasteiger partial charge >= 0.3 is 0 Å². The Bertz CT molecular complexity index is 915. The molecule has 0 aliphatic rings. The monoisotopic (exact) mass is 316 g/mol. The lowest BCUT2D eigenvalue weighted by molar-refractivity contribution is 0.100. The predicted molar refractivity (Wildman–Crippen MR) is 95.0 cm³/mol. The highest BCUT2D eigenvalue weighted by atomic mass is 16.1. The highest BCUT2D eigenvalue weighted by molar-refractivity contribution is 6.19. The Morgan fingerprint density at radius 3 is 1.75 bits per heavy atom. The number of nitrogens with two attached hydrogens (primary N) is 2. The number of carbonyl (C=O) groups excluding carboxylic acids is 2. The lowest BCUT2D eigenvalue weighted by Crippen LogP contribution is -2.11. The molecular formula is C20H16N2O2. The maximum Gasteiger partial charge on any atom is 0.193 e. The molecule has 0 amide bonds. The molecule has 0 saturated heterocycles. The number of carbonyl (C=O) groups is 2. The van der Waals surface area contributed by atoms with Gasteiger partial charge < -0.3 is 11.5 Å². The van der Waals surface area contributed by atoms with Crippen LogP contribution in [-0.4, -0.2) is 11.6 Å². The van der Waals surface area contributed by atoms with Crippen molar-refractivity contribution in [2.45, 2.75) is 0 Å². The zero-order chi connectivity index (χ0) is 17.1. The number of hydrogen-bond donors (Lipinski definition) is 2. The van der Waals surface area contributed by atoms with Crippen LogP contribution in [-0.2, 0) is 0 Å². The Hall–Kier alpha value is -3.40. The molecule has 0 aliphatic heterocycles. The molecule has 3 rings (SSSR count). The van der Waals surface area contributed by atoms with Gasteiger partial charge in [0.1, 0.15) is 0 Å². The number of benzene rings is 3. The van der Waals surface area contributed by atoms with Crippen molar-refractivity contribution < 1.29 is 9.59 Å². The van der Waals surface area contributed by atoms with Crippen molar-refractivity contribution in [3.8, 4) is 0 Å². The van der Waals surface area contributed by atoms with E-state index in [1.807, 2.05) is 0 Å². The summed E-state index contributed by atoms with van der Waals surface area (Å²) in [6.07, 6.45) is 0. The van der Waals surface area contributed by atoms with E-state index in [-0.39, 0.29) is 11.6 Å². The number of anilines is 2. The average Bonchev–Trinajstić information content (AvgIpc) is 2.61. The van der Waals surface area contributed by atoms with Gasteiger partial charge in [0, 0.05) is 33.6 Å². The molecule has 3 aromatic rings. The summed E-state index contributed by atoms with van der Waals surface area (Å²) in [4.78, 5) is 25.5.